The average molecular weight is 224 g/mol. The molecule has 1 aromatic heterocycles. The molecule has 0 aliphatic heterocycles. The summed E-state index contributed by atoms with van der Waals surface area (Å²) in [6.45, 7) is 4.24. The van der Waals surface area contributed by atoms with Gasteiger partial charge in [-0.1, -0.05) is 26.2 Å². The first-order chi connectivity index (χ1) is 7.67. The Morgan fingerprint density at radius 3 is 2.75 bits per heavy atom. The van der Waals surface area contributed by atoms with Crippen molar-refractivity contribution in [2.75, 3.05) is 0 Å². The molecule has 1 atom stereocenters. The van der Waals surface area contributed by atoms with Crippen LogP contribution in [0.2, 0.25) is 0 Å². The standard InChI is InChI=1S/C12H24N4/c1-4-5-6-7-11(14-13)9-12-8-10(2)15-16(12)3/h8,11,14H,4-7,9,13H2,1-3H3. The van der Waals surface area contributed by atoms with Crippen molar-refractivity contribution in [3.8, 4) is 0 Å². The molecule has 0 spiro atoms. The van der Waals surface area contributed by atoms with Crippen LogP contribution in [0.15, 0.2) is 6.07 Å². The maximum Gasteiger partial charge on any atom is 0.0596 e. The predicted molar refractivity (Wildman–Crippen MR) is 66.9 cm³/mol. The summed E-state index contributed by atoms with van der Waals surface area (Å²) >= 11 is 0. The van der Waals surface area contributed by atoms with Gasteiger partial charge in [0, 0.05) is 25.2 Å². The van der Waals surface area contributed by atoms with Gasteiger partial charge in [0.15, 0.2) is 0 Å². The monoisotopic (exact) mass is 224 g/mol. The smallest absolute Gasteiger partial charge is 0.0596 e. The van der Waals surface area contributed by atoms with Crippen LogP contribution in [0.3, 0.4) is 0 Å². The van der Waals surface area contributed by atoms with Crippen LogP contribution in [0.4, 0.5) is 0 Å². The van der Waals surface area contributed by atoms with Crippen molar-refractivity contribution in [3.05, 3.63) is 17.5 Å². The summed E-state index contributed by atoms with van der Waals surface area (Å²) < 4.78 is 1.94. The second-order valence-electron chi connectivity index (χ2n) is 4.46. The number of hydrogen-bond acceptors (Lipinski definition) is 3. The van der Waals surface area contributed by atoms with E-state index in [1.807, 2.05) is 18.7 Å². The number of rotatable bonds is 7. The lowest BCUT2D eigenvalue weighted by Crippen LogP contribution is -2.37. The van der Waals surface area contributed by atoms with Gasteiger partial charge < -0.3 is 0 Å². The third-order valence-electron chi connectivity index (χ3n) is 2.95. The van der Waals surface area contributed by atoms with Gasteiger partial charge in [-0.15, -0.1) is 0 Å². The highest BCUT2D eigenvalue weighted by molar-refractivity contribution is 5.09. The van der Waals surface area contributed by atoms with E-state index in [9.17, 15) is 0 Å². The van der Waals surface area contributed by atoms with Crippen LogP contribution < -0.4 is 11.3 Å². The van der Waals surface area contributed by atoms with E-state index in [1.165, 1.54) is 25.0 Å². The van der Waals surface area contributed by atoms with Crippen molar-refractivity contribution in [2.24, 2.45) is 12.9 Å². The molecule has 4 nitrogen and oxygen atoms in total. The second kappa shape index (κ2) is 6.66. The lowest BCUT2D eigenvalue weighted by Gasteiger charge is -2.15. The van der Waals surface area contributed by atoms with E-state index < -0.39 is 0 Å². The molecule has 3 N–H and O–H groups in total. The fourth-order valence-corrected chi connectivity index (χ4v) is 1.99. The SMILES string of the molecule is CCCCCC(Cc1cc(C)nn1C)NN. The van der Waals surface area contributed by atoms with E-state index in [1.54, 1.807) is 0 Å². The van der Waals surface area contributed by atoms with Crippen molar-refractivity contribution < 1.29 is 0 Å². The van der Waals surface area contributed by atoms with Gasteiger partial charge in [-0.3, -0.25) is 16.0 Å². The Kier molecular flexibility index (Phi) is 5.49. The number of hydrazine groups is 1. The predicted octanol–water partition coefficient (Wildman–Crippen LogP) is 1.68. The molecule has 0 saturated carbocycles. The lowest BCUT2D eigenvalue weighted by atomic mass is 10.0. The zero-order valence-corrected chi connectivity index (χ0v) is 10.7. The Labute approximate surface area is 98.2 Å². The number of aryl methyl sites for hydroxylation is 2. The molecule has 0 saturated heterocycles. The van der Waals surface area contributed by atoms with Crippen molar-refractivity contribution >= 4 is 0 Å². The van der Waals surface area contributed by atoms with Crippen LogP contribution in [0, 0.1) is 6.92 Å². The van der Waals surface area contributed by atoms with E-state index in [-0.39, 0.29) is 0 Å². The lowest BCUT2D eigenvalue weighted by molar-refractivity contribution is 0.456. The van der Waals surface area contributed by atoms with E-state index in [4.69, 9.17) is 5.84 Å². The van der Waals surface area contributed by atoms with Crippen molar-refractivity contribution in [1.82, 2.24) is 15.2 Å². The molecule has 0 aliphatic carbocycles. The first-order valence-electron chi connectivity index (χ1n) is 6.13. The molecular formula is C12H24N4. The van der Waals surface area contributed by atoms with Gasteiger partial charge in [0.1, 0.15) is 0 Å². The zero-order valence-electron chi connectivity index (χ0n) is 10.7. The number of nitrogens with zero attached hydrogens (tertiary/aromatic N) is 2. The van der Waals surface area contributed by atoms with E-state index in [2.05, 4.69) is 23.5 Å². The van der Waals surface area contributed by atoms with Gasteiger partial charge in [-0.05, 0) is 19.4 Å². The topological polar surface area (TPSA) is 55.9 Å². The van der Waals surface area contributed by atoms with Crippen LogP contribution >= 0.6 is 0 Å². The number of hydrogen-bond donors (Lipinski definition) is 2. The molecule has 0 aromatic carbocycles. The van der Waals surface area contributed by atoms with Gasteiger partial charge in [-0.2, -0.15) is 5.10 Å². The molecule has 0 amide bonds. The maximum absolute atomic E-state index is 5.58. The summed E-state index contributed by atoms with van der Waals surface area (Å²) in [6, 6.07) is 2.49. The third-order valence-corrected chi connectivity index (χ3v) is 2.95. The fraction of sp³-hybridized carbons (Fsp3) is 0.750. The highest BCUT2D eigenvalue weighted by Gasteiger charge is 2.10. The molecule has 1 rings (SSSR count). The average Bonchev–Trinajstić information content (AvgIpc) is 2.56. The summed E-state index contributed by atoms with van der Waals surface area (Å²) in [5, 5.41) is 4.34. The maximum atomic E-state index is 5.58. The Hall–Kier alpha value is -0.870. The summed E-state index contributed by atoms with van der Waals surface area (Å²) in [4.78, 5) is 0. The third kappa shape index (κ3) is 3.94. The van der Waals surface area contributed by atoms with Crippen LogP contribution in [0.1, 0.15) is 44.0 Å². The van der Waals surface area contributed by atoms with Gasteiger partial charge in [-0.25, -0.2) is 0 Å². The van der Waals surface area contributed by atoms with E-state index >= 15 is 0 Å². The van der Waals surface area contributed by atoms with Crippen LogP contribution in [0.25, 0.3) is 0 Å². The van der Waals surface area contributed by atoms with E-state index in [0.717, 1.165) is 18.5 Å². The normalized spacial score (nSPS) is 13.0. The molecular weight excluding hydrogens is 200 g/mol. The number of nitrogens with one attached hydrogen (secondary N) is 1. The summed E-state index contributed by atoms with van der Waals surface area (Å²) in [5.41, 5.74) is 5.22. The Bertz CT molecular complexity index is 306. The van der Waals surface area contributed by atoms with Gasteiger partial charge in [0.25, 0.3) is 0 Å². The van der Waals surface area contributed by atoms with Crippen LogP contribution in [-0.4, -0.2) is 15.8 Å². The molecule has 1 heterocycles. The summed E-state index contributed by atoms with van der Waals surface area (Å²) in [6.07, 6.45) is 5.86. The van der Waals surface area contributed by atoms with Crippen molar-refractivity contribution in [3.63, 3.8) is 0 Å². The van der Waals surface area contributed by atoms with Crippen molar-refractivity contribution in [1.29, 1.82) is 0 Å². The van der Waals surface area contributed by atoms with Crippen LogP contribution in [0.5, 0.6) is 0 Å². The number of aromatic nitrogens is 2. The minimum Gasteiger partial charge on any atom is -0.272 e. The van der Waals surface area contributed by atoms with Gasteiger partial charge in [0.05, 0.1) is 5.69 Å². The number of nitrogens with two attached hydrogens (primary N) is 1. The van der Waals surface area contributed by atoms with Gasteiger partial charge in [0.2, 0.25) is 0 Å². The molecule has 92 valence electrons. The molecule has 0 aliphatic rings. The molecule has 0 bridgehead atoms. The Morgan fingerprint density at radius 1 is 1.50 bits per heavy atom. The quantitative estimate of drug-likeness (QED) is 0.421. The molecule has 1 unspecified atom stereocenters. The molecule has 4 heteroatoms. The zero-order chi connectivity index (χ0) is 12.0. The molecule has 1 aromatic rings. The highest BCUT2D eigenvalue weighted by Crippen LogP contribution is 2.10. The molecule has 0 radical (unpaired) electrons. The summed E-state index contributed by atoms with van der Waals surface area (Å²) in [7, 11) is 1.99. The van der Waals surface area contributed by atoms with Crippen LogP contribution in [-0.2, 0) is 13.5 Å². The summed E-state index contributed by atoms with van der Waals surface area (Å²) in [5.74, 6) is 5.58. The molecule has 16 heavy (non-hydrogen) atoms. The number of unbranched alkanes of at least 4 members (excludes halogenated alkanes) is 2. The first-order valence-corrected chi connectivity index (χ1v) is 6.13. The van der Waals surface area contributed by atoms with E-state index in [0.29, 0.717) is 6.04 Å². The minimum absolute atomic E-state index is 0.362. The largest absolute Gasteiger partial charge is 0.272 e. The first kappa shape index (κ1) is 13.2. The van der Waals surface area contributed by atoms with Crippen molar-refractivity contribution in [2.45, 2.75) is 52.0 Å². The highest BCUT2D eigenvalue weighted by atomic mass is 15.3. The van der Waals surface area contributed by atoms with Gasteiger partial charge >= 0.3 is 0 Å². The fourth-order valence-electron chi connectivity index (χ4n) is 1.99. The molecule has 0 fully saturated rings. The Morgan fingerprint density at radius 2 is 2.25 bits per heavy atom. The minimum atomic E-state index is 0.362. The Balaban J connectivity index is 2.46. The second-order valence-corrected chi connectivity index (χ2v) is 4.46.